The summed E-state index contributed by atoms with van der Waals surface area (Å²) in [5, 5.41) is 9.51. The number of carbonyl (C=O) groups is 2. The van der Waals surface area contributed by atoms with Crippen molar-refractivity contribution >= 4 is 11.9 Å². The van der Waals surface area contributed by atoms with E-state index in [1.54, 1.807) is 0 Å². The average Bonchev–Trinajstić information content (AvgIpc) is 3.04. The van der Waals surface area contributed by atoms with Crippen molar-refractivity contribution < 1.29 is 24.2 Å². The Bertz CT molecular complexity index is 640. The standard InChI is InChI=1S/C40H79NO5/c1-5-9-19-27-38(28-20-10-6-2)46-40(44)30-22-16-14-18-24-33-41(34-35-42)32-23-17-13-15-21-29-39(43)45-36-31-37(25-11-7-3)26-12-8-4/h37-38,42H,5-36H2,1-4H3. The number of esters is 2. The van der Waals surface area contributed by atoms with E-state index in [1.807, 2.05) is 0 Å². The summed E-state index contributed by atoms with van der Waals surface area (Å²) in [6.45, 7) is 12.5. The molecule has 0 amide bonds. The maximum Gasteiger partial charge on any atom is 0.306 e. The van der Waals surface area contributed by atoms with Crippen molar-refractivity contribution in [3.05, 3.63) is 0 Å². The number of nitrogens with zero attached hydrogens (tertiary/aromatic N) is 1. The van der Waals surface area contributed by atoms with E-state index in [1.165, 1.54) is 77.0 Å². The predicted molar refractivity (Wildman–Crippen MR) is 195 cm³/mol. The van der Waals surface area contributed by atoms with E-state index in [9.17, 15) is 14.7 Å². The average molecular weight is 654 g/mol. The smallest absolute Gasteiger partial charge is 0.306 e. The molecule has 0 bridgehead atoms. The van der Waals surface area contributed by atoms with Crippen LogP contribution in [0.15, 0.2) is 0 Å². The molecule has 1 N–H and O–H groups in total. The van der Waals surface area contributed by atoms with Gasteiger partial charge in [-0.1, -0.05) is 130 Å². The Balaban J connectivity index is 3.90. The summed E-state index contributed by atoms with van der Waals surface area (Å²) in [5.41, 5.74) is 0. The normalized spacial score (nSPS) is 11.7. The minimum atomic E-state index is -0.0250. The van der Waals surface area contributed by atoms with Gasteiger partial charge in [-0.3, -0.25) is 9.59 Å². The summed E-state index contributed by atoms with van der Waals surface area (Å²) in [5.74, 6) is 0.678. The number of hydrogen-bond donors (Lipinski definition) is 1. The fraction of sp³-hybridized carbons (Fsp3) is 0.950. The van der Waals surface area contributed by atoms with Gasteiger partial charge in [-0.05, 0) is 76.8 Å². The van der Waals surface area contributed by atoms with Gasteiger partial charge in [0.1, 0.15) is 6.10 Å². The second-order valence-electron chi connectivity index (χ2n) is 13.9. The molecule has 6 nitrogen and oxygen atoms in total. The number of carbonyl (C=O) groups excluding carboxylic acids is 2. The van der Waals surface area contributed by atoms with Crippen LogP contribution in [-0.2, 0) is 19.1 Å². The lowest BCUT2D eigenvalue weighted by Gasteiger charge is -2.21. The van der Waals surface area contributed by atoms with Crippen LogP contribution in [-0.4, -0.2) is 60.9 Å². The van der Waals surface area contributed by atoms with Gasteiger partial charge in [0.25, 0.3) is 0 Å². The van der Waals surface area contributed by atoms with Crippen LogP contribution in [0.2, 0.25) is 0 Å². The third-order valence-electron chi connectivity index (χ3n) is 9.41. The Hall–Kier alpha value is -1.14. The van der Waals surface area contributed by atoms with Crippen molar-refractivity contribution in [2.24, 2.45) is 5.92 Å². The zero-order valence-corrected chi connectivity index (χ0v) is 31.3. The first-order valence-corrected chi connectivity index (χ1v) is 20.2. The minimum absolute atomic E-state index is 0.00364. The number of ether oxygens (including phenoxy) is 2. The van der Waals surface area contributed by atoms with Gasteiger partial charge in [0.15, 0.2) is 0 Å². The van der Waals surface area contributed by atoms with Crippen LogP contribution in [0, 0.1) is 5.92 Å². The highest BCUT2D eigenvalue weighted by Gasteiger charge is 2.14. The fourth-order valence-corrected chi connectivity index (χ4v) is 6.33. The first kappa shape index (κ1) is 44.9. The van der Waals surface area contributed by atoms with Gasteiger partial charge < -0.3 is 19.5 Å². The molecule has 0 heterocycles. The molecule has 0 spiro atoms. The van der Waals surface area contributed by atoms with Crippen molar-refractivity contribution in [2.75, 3.05) is 32.8 Å². The Morgan fingerprint density at radius 3 is 1.50 bits per heavy atom. The van der Waals surface area contributed by atoms with Gasteiger partial charge in [-0.25, -0.2) is 0 Å². The molecule has 0 aromatic rings. The molecular weight excluding hydrogens is 574 g/mol. The highest BCUT2D eigenvalue weighted by atomic mass is 16.5. The summed E-state index contributed by atoms with van der Waals surface area (Å²) in [6.07, 6.45) is 29.9. The van der Waals surface area contributed by atoms with Gasteiger partial charge in [0, 0.05) is 19.4 Å². The summed E-state index contributed by atoms with van der Waals surface area (Å²) in [6, 6.07) is 0. The van der Waals surface area contributed by atoms with E-state index in [-0.39, 0.29) is 24.6 Å². The van der Waals surface area contributed by atoms with Crippen LogP contribution < -0.4 is 0 Å². The summed E-state index contributed by atoms with van der Waals surface area (Å²) >= 11 is 0. The molecule has 0 aromatic carbocycles. The fourth-order valence-electron chi connectivity index (χ4n) is 6.33. The molecule has 0 atom stereocenters. The molecule has 0 aliphatic carbocycles. The molecule has 0 aliphatic heterocycles. The van der Waals surface area contributed by atoms with Crippen molar-refractivity contribution in [2.45, 2.75) is 207 Å². The number of rotatable bonds is 36. The number of hydrogen-bond acceptors (Lipinski definition) is 6. The predicted octanol–water partition coefficient (Wildman–Crippen LogP) is 11.0. The number of aliphatic hydroxyl groups excluding tert-OH is 1. The minimum Gasteiger partial charge on any atom is -0.466 e. The Morgan fingerprint density at radius 2 is 1.00 bits per heavy atom. The van der Waals surface area contributed by atoms with Gasteiger partial charge >= 0.3 is 11.9 Å². The van der Waals surface area contributed by atoms with Crippen molar-refractivity contribution in [3.63, 3.8) is 0 Å². The zero-order chi connectivity index (χ0) is 33.9. The zero-order valence-electron chi connectivity index (χ0n) is 31.3. The molecule has 6 heteroatoms. The van der Waals surface area contributed by atoms with Crippen molar-refractivity contribution in [1.82, 2.24) is 4.90 Å². The quantitative estimate of drug-likeness (QED) is 0.0535. The molecule has 0 saturated carbocycles. The van der Waals surface area contributed by atoms with Gasteiger partial charge in [0.2, 0.25) is 0 Å². The van der Waals surface area contributed by atoms with Crippen LogP contribution in [0.1, 0.15) is 201 Å². The lowest BCUT2D eigenvalue weighted by Crippen LogP contribution is -2.29. The van der Waals surface area contributed by atoms with E-state index in [0.717, 1.165) is 103 Å². The number of unbranched alkanes of at least 4 members (excludes halogenated alkanes) is 14. The second-order valence-corrected chi connectivity index (χ2v) is 13.9. The van der Waals surface area contributed by atoms with Crippen LogP contribution in [0.4, 0.5) is 0 Å². The van der Waals surface area contributed by atoms with Crippen LogP contribution in [0.5, 0.6) is 0 Å². The summed E-state index contributed by atoms with van der Waals surface area (Å²) < 4.78 is 11.4. The van der Waals surface area contributed by atoms with E-state index in [0.29, 0.717) is 25.4 Å². The molecule has 0 unspecified atom stereocenters. The summed E-state index contributed by atoms with van der Waals surface area (Å²) in [4.78, 5) is 27.0. The monoisotopic (exact) mass is 654 g/mol. The first-order valence-electron chi connectivity index (χ1n) is 20.2. The van der Waals surface area contributed by atoms with E-state index >= 15 is 0 Å². The molecule has 0 radical (unpaired) electrons. The van der Waals surface area contributed by atoms with Gasteiger partial charge in [-0.2, -0.15) is 0 Å². The van der Waals surface area contributed by atoms with E-state index in [2.05, 4.69) is 32.6 Å². The lowest BCUT2D eigenvalue weighted by atomic mass is 9.93. The molecule has 46 heavy (non-hydrogen) atoms. The van der Waals surface area contributed by atoms with Crippen LogP contribution in [0.25, 0.3) is 0 Å². The Morgan fingerprint density at radius 1 is 0.522 bits per heavy atom. The molecule has 0 saturated heterocycles. The molecule has 0 fully saturated rings. The topological polar surface area (TPSA) is 76.1 Å². The highest BCUT2D eigenvalue weighted by molar-refractivity contribution is 5.69. The van der Waals surface area contributed by atoms with E-state index in [4.69, 9.17) is 9.47 Å². The maximum absolute atomic E-state index is 12.4. The molecule has 0 aromatic heterocycles. The third-order valence-corrected chi connectivity index (χ3v) is 9.41. The van der Waals surface area contributed by atoms with Gasteiger partial charge in [-0.15, -0.1) is 0 Å². The Kier molecular flexibility index (Phi) is 34.3. The SMILES string of the molecule is CCCCCC(CCCCC)OC(=O)CCCCCCCN(CCO)CCCCCCCC(=O)OCCC(CCCC)CCCC. The van der Waals surface area contributed by atoms with Crippen molar-refractivity contribution in [3.8, 4) is 0 Å². The second kappa shape index (κ2) is 35.2. The highest BCUT2D eigenvalue weighted by Crippen LogP contribution is 2.20. The number of aliphatic hydroxyl groups is 1. The molecule has 0 aliphatic rings. The third kappa shape index (κ3) is 30.2. The maximum atomic E-state index is 12.4. The Labute approximate surface area is 286 Å². The summed E-state index contributed by atoms with van der Waals surface area (Å²) in [7, 11) is 0. The lowest BCUT2D eigenvalue weighted by molar-refractivity contribution is -0.150. The van der Waals surface area contributed by atoms with Crippen LogP contribution >= 0.6 is 0 Å². The molecule has 274 valence electrons. The first-order chi connectivity index (χ1) is 22.5. The largest absolute Gasteiger partial charge is 0.466 e. The molecule has 0 rings (SSSR count). The van der Waals surface area contributed by atoms with E-state index < -0.39 is 0 Å². The molecular formula is C40H79NO5. The van der Waals surface area contributed by atoms with Crippen molar-refractivity contribution in [1.29, 1.82) is 0 Å². The van der Waals surface area contributed by atoms with Crippen LogP contribution in [0.3, 0.4) is 0 Å². The van der Waals surface area contributed by atoms with Gasteiger partial charge in [0.05, 0.1) is 13.2 Å².